The Hall–Kier alpha value is -3.83. The van der Waals surface area contributed by atoms with Crippen LogP contribution >= 0.6 is 0 Å². The van der Waals surface area contributed by atoms with E-state index < -0.39 is 24.6 Å². The Morgan fingerprint density at radius 3 is 2.59 bits per heavy atom. The number of rotatable bonds is 7. The van der Waals surface area contributed by atoms with Gasteiger partial charge >= 0.3 is 6.43 Å². The fraction of sp³-hybridized carbons (Fsp3) is 0.118. The summed E-state index contributed by atoms with van der Waals surface area (Å²) in [5, 5.41) is 5.09. The smallest absolute Gasteiger partial charge is 0.304 e. The number of pyridine rings is 2. The third kappa shape index (κ3) is 5.34. The number of nitrogens with zero attached hydrogens (tertiary/aromatic N) is 4. The predicted octanol–water partition coefficient (Wildman–Crippen LogP) is 3.34. The number of carbonyl (C=O) groups excluding carboxylic acids is 1. The fourth-order valence-electron chi connectivity index (χ4n) is 2.06. The highest BCUT2D eigenvalue weighted by Gasteiger charge is 2.23. The summed E-state index contributed by atoms with van der Waals surface area (Å²) < 4.78 is 55.3. The highest BCUT2D eigenvalue weighted by Crippen LogP contribution is 2.26. The lowest BCUT2D eigenvalue weighted by Gasteiger charge is -2.14. The van der Waals surface area contributed by atoms with Gasteiger partial charge in [-0.15, -0.1) is 0 Å². The van der Waals surface area contributed by atoms with Gasteiger partial charge in [0.1, 0.15) is 17.1 Å². The van der Waals surface area contributed by atoms with E-state index in [0.29, 0.717) is 5.69 Å². The first-order valence-corrected chi connectivity index (χ1v) is 7.98. The molecule has 0 aliphatic heterocycles. The lowest BCUT2D eigenvalue weighted by Crippen LogP contribution is -2.21. The third-order valence-electron chi connectivity index (χ3n) is 3.34. The van der Waals surface area contributed by atoms with E-state index in [9.17, 15) is 22.4 Å². The lowest BCUT2D eigenvalue weighted by atomic mass is 10.3. The van der Waals surface area contributed by atoms with Crippen LogP contribution in [0.1, 0.15) is 10.5 Å². The molecule has 1 atom stereocenters. The molecule has 0 fully saturated rings. The summed E-state index contributed by atoms with van der Waals surface area (Å²) in [6.07, 6.45) is -1.43. The standard InChI is InChI=1S/C17H12F4N6O2/c18-13-2-1-9(7-24-13)25-17-23-6-3-10(27-17)16(28)26-11-8-22-5-4-12(11)29-15(21)14(19)20/h1-8,14-15H,(H,26,28)(H,23,25,27). The van der Waals surface area contributed by atoms with Crippen LogP contribution < -0.4 is 15.4 Å². The molecule has 0 bridgehead atoms. The van der Waals surface area contributed by atoms with Gasteiger partial charge < -0.3 is 15.4 Å². The number of aromatic nitrogens is 4. The molecule has 0 spiro atoms. The van der Waals surface area contributed by atoms with Crippen LogP contribution in [0.2, 0.25) is 0 Å². The van der Waals surface area contributed by atoms with Gasteiger partial charge in [0.15, 0.2) is 0 Å². The largest absolute Gasteiger partial charge is 0.452 e. The summed E-state index contributed by atoms with van der Waals surface area (Å²) >= 11 is 0. The third-order valence-corrected chi connectivity index (χ3v) is 3.34. The molecule has 0 aliphatic rings. The Morgan fingerprint density at radius 2 is 1.86 bits per heavy atom. The average molecular weight is 408 g/mol. The van der Waals surface area contributed by atoms with Crippen LogP contribution in [0.15, 0.2) is 49.1 Å². The van der Waals surface area contributed by atoms with E-state index in [1.54, 1.807) is 0 Å². The molecule has 12 heteroatoms. The molecule has 0 radical (unpaired) electrons. The first kappa shape index (κ1) is 19.9. The van der Waals surface area contributed by atoms with Crippen molar-refractivity contribution in [2.24, 2.45) is 0 Å². The summed E-state index contributed by atoms with van der Waals surface area (Å²) in [4.78, 5) is 27.5. The van der Waals surface area contributed by atoms with Crippen LogP contribution in [0.3, 0.4) is 0 Å². The second-order valence-electron chi connectivity index (χ2n) is 5.39. The molecule has 1 amide bonds. The molecular formula is C17H12F4N6O2. The number of anilines is 3. The minimum absolute atomic E-state index is 0.0234. The van der Waals surface area contributed by atoms with Crippen molar-refractivity contribution in [3.8, 4) is 5.75 Å². The van der Waals surface area contributed by atoms with Crippen molar-refractivity contribution in [3.63, 3.8) is 0 Å². The maximum absolute atomic E-state index is 13.2. The monoisotopic (exact) mass is 408 g/mol. The zero-order valence-electron chi connectivity index (χ0n) is 14.4. The number of hydrogen-bond donors (Lipinski definition) is 2. The number of halogens is 4. The van der Waals surface area contributed by atoms with Crippen LogP contribution in [0.25, 0.3) is 0 Å². The van der Waals surface area contributed by atoms with Crippen molar-refractivity contribution in [1.29, 1.82) is 0 Å². The van der Waals surface area contributed by atoms with Crippen molar-refractivity contribution in [2.75, 3.05) is 10.6 Å². The van der Waals surface area contributed by atoms with E-state index in [4.69, 9.17) is 0 Å². The van der Waals surface area contributed by atoms with Crippen molar-refractivity contribution >= 4 is 23.2 Å². The number of amides is 1. The molecule has 1 unspecified atom stereocenters. The van der Waals surface area contributed by atoms with Crippen molar-refractivity contribution in [1.82, 2.24) is 19.9 Å². The Bertz CT molecular complexity index is 990. The zero-order chi connectivity index (χ0) is 20.8. The summed E-state index contributed by atoms with van der Waals surface area (Å²) in [6.45, 7) is 0. The first-order chi connectivity index (χ1) is 13.9. The van der Waals surface area contributed by atoms with Gasteiger partial charge in [-0.25, -0.2) is 23.7 Å². The SMILES string of the molecule is O=C(Nc1cnccc1OC(F)C(F)F)c1ccnc(Nc2ccc(F)nc2)n1. The van der Waals surface area contributed by atoms with Crippen LogP contribution in [-0.4, -0.2) is 38.6 Å². The lowest BCUT2D eigenvalue weighted by molar-refractivity contribution is -0.0665. The second kappa shape index (κ2) is 8.91. The molecule has 0 aliphatic carbocycles. The molecule has 3 aromatic rings. The second-order valence-corrected chi connectivity index (χ2v) is 5.39. The molecule has 150 valence electrons. The molecule has 0 saturated carbocycles. The van der Waals surface area contributed by atoms with E-state index in [0.717, 1.165) is 18.3 Å². The summed E-state index contributed by atoms with van der Waals surface area (Å²) in [6, 6.07) is 4.94. The molecule has 8 nitrogen and oxygen atoms in total. The molecule has 0 aromatic carbocycles. The van der Waals surface area contributed by atoms with Crippen LogP contribution in [0, 0.1) is 5.95 Å². The highest BCUT2D eigenvalue weighted by molar-refractivity contribution is 6.03. The van der Waals surface area contributed by atoms with Crippen LogP contribution in [0.5, 0.6) is 5.75 Å². The molecule has 3 aromatic heterocycles. The van der Waals surface area contributed by atoms with Gasteiger partial charge in [-0.3, -0.25) is 9.78 Å². The van der Waals surface area contributed by atoms with E-state index in [1.807, 2.05) is 0 Å². The first-order valence-electron chi connectivity index (χ1n) is 7.98. The Labute approximate surface area is 161 Å². The average Bonchev–Trinajstić information content (AvgIpc) is 2.71. The molecular weight excluding hydrogens is 396 g/mol. The Balaban J connectivity index is 1.74. The predicted molar refractivity (Wildman–Crippen MR) is 93.2 cm³/mol. The minimum Gasteiger partial charge on any atom is -0.452 e. The number of carbonyl (C=O) groups is 1. The van der Waals surface area contributed by atoms with Crippen LogP contribution in [-0.2, 0) is 0 Å². The maximum atomic E-state index is 13.2. The number of hydrogen-bond acceptors (Lipinski definition) is 7. The molecule has 2 N–H and O–H groups in total. The maximum Gasteiger partial charge on any atom is 0.304 e. The Kier molecular flexibility index (Phi) is 6.12. The summed E-state index contributed by atoms with van der Waals surface area (Å²) in [7, 11) is 0. The van der Waals surface area contributed by atoms with Gasteiger partial charge in [0.25, 0.3) is 12.3 Å². The number of nitrogens with one attached hydrogen (secondary N) is 2. The van der Waals surface area contributed by atoms with Crippen molar-refractivity contribution in [2.45, 2.75) is 12.8 Å². The molecule has 29 heavy (non-hydrogen) atoms. The molecule has 3 heterocycles. The van der Waals surface area contributed by atoms with Gasteiger partial charge in [0, 0.05) is 18.5 Å². The van der Waals surface area contributed by atoms with Gasteiger partial charge in [-0.2, -0.15) is 8.78 Å². The van der Waals surface area contributed by atoms with Gasteiger partial charge in [-0.1, -0.05) is 0 Å². The van der Waals surface area contributed by atoms with Crippen LogP contribution in [0.4, 0.5) is 34.9 Å². The summed E-state index contributed by atoms with van der Waals surface area (Å²) in [5.41, 5.74) is 0.155. The van der Waals surface area contributed by atoms with E-state index in [-0.39, 0.29) is 23.1 Å². The fourth-order valence-corrected chi connectivity index (χ4v) is 2.06. The number of alkyl halides is 3. The molecule has 3 rings (SSSR count). The topological polar surface area (TPSA) is 102 Å². The molecule has 0 saturated heterocycles. The van der Waals surface area contributed by atoms with Crippen molar-refractivity contribution in [3.05, 3.63) is 60.7 Å². The van der Waals surface area contributed by atoms with E-state index >= 15 is 0 Å². The summed E-state index contributed by atoms with van der Waals surface area (Å²) in [5.74, 6) is -1.72. The van der Waals surface area contributed by atoms with E-state index in [2.05, 4.69) is 35.3 Å². The quantitative estimate of drug-likeness (QED) is 0.457. The normalized spacial score (nSPS) is 11.8. The zero-order valence-corrected chi connectivity index (χ0v) is 14.4. The minimum atomic E-state index is -3.36. The van der Waals surface area contributed by atoms with Crippen molar-refractivity contribution < 1.29 is 27.1 Å². The van der Waals surface area contributed by atoms with E-state index in [1.165, 1.54) is 30.7 Å². The highest BCUT2D eigenvalue weighted by atomic mass is 19.3. The number of ether oxygens (including phenoxy) is 1. The Morgan fingerprint density at radius 1 is 1.03 bits per heavy atom. The van der Waals surface area contributed by atoms with Gasteiger partial charge in [0.2, 0.25) is 11.9 Å². The van der Waals surface area contributed by atoms with Gasteiger partial charge in [-0.05, 0) is 18.2 Å². The van der Waals surface area contributed by atoms with Gasteiger partial charge in [0.05, 0.1) is 18.1 Å².